The Kier molecular flexibility index (Phi) is 5.96. The van der Waals surface area contributed by atoms with Gasteiger partial charge in [0, 0.05) is 18.0 Å². The van der Waals surface area contributed by atoms with E-state index in [-0.39, 0.29) is 24.1 Å². The second-order valence-corrected chi connectivity index (χ2v) is 6.36. The number of carbonyl (C=O) groups is 2. The van der Waals surface area contributed by atoms with E-state index in [9.17, 15) is 14.0 Å². The molecule has 142 valence electrons. The lowest BCUT2D eigenvalue weighted by molar-refractivity contribution is -0.116. The minimum Gasteiger partial charge on any atom is -0.324 e. The summed E-state index contributed by atoms with van der Waals surface area (Å²) in [7, 11) is 0. The van der Waals surface area contributed by atoms with Crippen LogP contribution in [-0.4, -0.2) is 22.0 Å². The predicted molar refractivity (Wildman–Crippen MR) is 105 cm³/mol. The van der Waals surface area contributed by atoms with E-state index in [2.05, 4.69) is 15.5 Å². The molecule has 2 amide bonds. The Morgan fingerprint density at radius 2 is 1.86 bits per heavy atom. The van der Waals surface area contributed by atoms with Crippen molar-refractivity contribution < 1.29 is 14.0 Å². The van der Waals surface area contributed by atoms with Crippen molar-refractivity contribution in [2.45, 2.75) is 13.3 Å². The highest BCUT2D eigenvalue weighted by atomic mass is 35.5. The van der Waals surface area contributed by atoms with Crippen molar-refractivity contribution in [3.8, 4) is 0 Å². The van der Waals surface area contributed by atoms with Crippen molar-refractivity contribution >= 4 is 40.6 Å². The standard InChI is InChI=1S/C20H16ClFN4O2/c1-13(27)26(17-8-6-15(22)7-9-17)19-11-16(12-23-25-19)24-20(28)10-14-4-2-3-5-18(14)21/h2-9,11-12H,10H2,1H3,(H,24,25,28). The number of hydrogen-bond acceptors (Lipinski definition) is 4. The lowest BCUT2D eigenvalue weighted by atomic mass is 10.1. The summed E-state index contributed by atoms with van der Waals surface area (Å²) in [6.45, 7) is 1.35. The van der Waals surface area contributed by atoms with Gasteiger partial charge in [-0.2, -0.15) is 5.10 Å². The highest BCUT2D eigenvalue weighted by Crippen LogP contribution is 2.25. The predicted octanol–water partition coefficient (Wildman–Crippen LogP) is 4.13. The summed E-state index contributed by atoms with van der Waals surface area (Å²) in [5.41, 5.74) is 1.50. The van der Waals surface area contributed by atoms with Crippen molar-refractivity contribution in [1.82, 2.24) is 10.2 Å². The topological polar surface area (TPSA) is 75.2 Å². The Labute approximate surface area is 166 Å². The average molecular weight is 399 g/mol. The van der Waals surface area contributed by atoms with Gasteiger partial charge < -0.3 is 5.32 Å². The van der Waals surface area contributed by atoms with Crippen molar-refractivity contribution in [2.24, 2.45) is 0 Å². The summed E-state index contributed by atoms with van der Waals surface area (Å²) in [6.07, 6.45) is 1.46. The summed E-state index contributed by atoms with van der Waals surface area (Å²) in [5, 5.41) is 11.0. The van der Waals surface area contributed by atoms with E-state index in [4.69, 9.17) is 11.6 Å². The molecule has 0 saturated heterocycles. The molecule has 1 N–H and O–H groups in total. The maximum atomic E-state index is 13.2. The van der Waals surface area contributed by atoms with Crippen LogP contribution in [0.25, 0.3) is 0 Å². The molecule has 0 spiro atoms. The number of aromatic nitrogens is 2. The SMILES string of the molecule is CC(=O)N(c1ccc(F)cc1)c1cc(NC(=O)Cc2ccccc2Cl)cnn1. The first-order valence-electron chi connectivity index (χ1n) is 8.36. The summed E-state index contributed by atoms with van der Waals surface area (Å²) in [6, 6.07) is 14.0. The van der Waals surface area contributed by atoms with E-state index in [1.54, 1.807) is 24.3 Å². The highest BCUT2D eigenvalue weighted by Gasteiger charge is 2.17. The first kappa shape index (κ1) is 19.4. The van der Waals surface area contributed by atoms with Crippen LogP contribution in [0.5, 0.6) is 0 Å². The first-order valence-corrected chi connectivity index (χ1v) is 8.74. The van der Waals surface area contributed by atoms with Gasteiger partial charge in [-0.25, -0.2) is 4.39 Å². The molecule has 1 heterocycles. The van der Waals surface area contributed by atoms with Crippen LogP contribution in [0, 0.1) is 5.82 Å². The van der Waals surface area contributed by atoms with Crippen molar-refractivity contribution in [3.05, 3.63) is 77.2 Å². The Balaban J connectivity index is 1.80. The van der Waals surface area contributed by atoms with Gasteiger partial charge in [0.15, 0.2) is 5.82 Å². The molecule has 28 heavy (non-hydrogen) atoms. The number of benzene rings is 2. The molecule has 6 nitrogen and oxygen atoms in total. The van der Waals surface area contributed by atoms with E-state index >= 15 is 0 Å². The van der Waals surface area contributed by atoms with E-state index in [1.165, 1.54) is 48.4 Å². The molecule has 0 aliphatic rings. The molecule has 1 aromatic heterocycles. The van der Waals surface area contributed by atoms with Crippen molar-refractivity contribution in [1.29, 1.82) is 0 Å². The number of anilines is 3. The van der Waals surface area contributed by atoms with Gasteiger partial charge in [0.25, 0.3) is 0 Å². The summed E-state index contributed by atoms with van der Waals surface area (Å²) in [5.74, 6) is -0.836. The highest BCUT2D eigenvalue weighted by molar-refractivity contribution is 6.31. The second kappa shape index (κ2) is 8.58. The maximum absolute atomic E-state index is 13.2. The smallest absolute Gasteiger partial charge is 0.229 e. The zero-order chi connectivity index (χ0) is 20.1. The van der Waals surface area contributed by atoms with Crippen LogP contribution in [0.1, 0.15) is 12.5 Å². The molecule has 0 unspecified atom stereocenters. The summed E-state index contributed by atoms with van der Waals surface area (Å²) in [4.78, 5) is 25.7. The van der Waals surface area contributed by atoms with Crippen LogP contribution in [0.3, 0.4) is 0 Å². The number of nitrogens with zero attached hydrogens (tertiary/aromatic N) is 3. The third kappa shape index (κ3) is 4.69. The molecular formula is C20H16ClFN4O2. The van der Waals surface area contributed by atoms with E-state index in [1.807, 2.05) is 0 Å². The Morgan fingerprint density at radius 1 is 1.14 bits per heavy atom. The fourth-order valence-corrected chi connectivity index (χ4v) is 2.82. The van der Waals surface area contributed by atoms with Crippen LogP contribution < -0.4 is 10.2 Å². The molecule has 0 aliphatic heterocycles. The normalized spacial score (nSPS) is 10.4. The van der Waals surface area contributed by atoms with Crippen LogP contribution >= 0.6 is 11.6 Å². The number of rotatable bonds is 5. The quantitative estimate of drug-likeness (QED) is 0.701. The van der Waals surface area contributed by atoms with Crippen LogP contribution in [0.4, 0.5) is 21.6 Å². The molecule has 3 aromatic rings. The molecular weight excluding hydrogens is 383 g/mol. The monoisotopic (exact) mass is 398 g/mol. The number of hydrogen-bond donors (Lipinski definition) is 1. The van der Waals surface area contributed by atoms with E-state index in [0.717, 1.165) is 0 Å². The number of amides is 2. The Morgan fingerprint density at radius 3 is 2.54 bits per heavy atom. The fourth-order valence-electron chi connectivity index (χ4n) is 2.62. The maximum Gasteiger partial charge on any atom is 0.229 e. The fraction of sp³-hybridized carbons (Fsp3) is 0.100. The van der Waals surface area contributed by atoms with Crippen LogP contribution in [-0.2, 0) is 16.0 Å². The molecule has 0 fully saturated rings. The van der Waals surface area contributed by atoms with Gasteiger partial charge >= 0.3 is 0 Å². The van der Waals surface area contributed by atoms with Gasteiger partial charge in [0.2, 0.25) is 11.8 Å². The zero-order valence-corrected chi connectivity index (χ0v) is 15.7. The molecule has 3 rings (SSSR count). The molecule has 0 saturated carbocycles. The minimum absolute atomic E-state index is 0.0890. The summed E-state index contributed by atoms with van der Waals surface area (Å²) >= 11 is 6.08. The van der Waals surface area contributed by atoms with Gasteiger partial charge in [-0.15, -0.1) is 5.10 Å². The zero-order valence-electron chi connectivity index (χ0n) is 14.9. The second-order valence-electron chi connectivity index (χ2n) is 5.95. The van der Waals surface area contributed by atoms with Crippen molar-refractivity contribution in [2.75, 3.05) is 10.2 Å². The molecule has 0 atom stereocenters. The van der Waals surface area contributed by atoms with E-state index in [0.29, 0.717) is 22.0 Å². The van der Waals surface area contributed by atoms with Crippen LogP contribution in [0.2, 0.25) is 5.02 Å². The van der Waals surface area contributed by atoms with Gasteiger partial charge in [0.1, 0.15) is 5.82 Å². The minimum atomic E-state index is -0.418. The molecule has 0 radical (unpaired) electrons. The Bertz CT molecular complexity index is 1010. The molecule has 0 bridgehead atoms. The first-order chi connectivity index (χ1) is 13.4. The third-order valence-electron chi connectivity index (χ3n) is 3.86. The van der Waals surface area contributed by atoms with Gasteiger partial charge in [-0.1, -0.05) is 29.8 Å². The van der Waals surface area contributed by atoms with Crippen molar-refractivity contribution in [3.63, 3.8) is 0 Å². The van der Waals surface area contributed by atoms with Gasteiger partial charge in [-0.05, 0) is 35.9 Å². The third-order valence-corrected chi connectivity index (χ3v) is 4.23. The van der Waals surface area contributed by atoms with Gasteiger partial charge in [0.05, 0.1) is 24.0 Å². The average Bonchev–Trinajstić information content (AvgIpc) is 2.65. The lowest BCUT2D eigenvalue weighted by Crippen LogP contribution is -2.24. The largest absolute Gasteiger partial charge is 0.324 e. The molecule has 8 heteroatoms. The lowest BCUT2D eigenvalue weighted by Gasteiger charge is -2.20. The summed E-state index contributed by atoms with van der Waals surface area (Å²) < 4.78 is 13.2. The number of halogens is 2. The van der Waals surface area contributed by atoms with E-state index < -0.39 is 5.82 Å². The number of nitrogens with one attached hydrogen (secondary N) is 1. The number of carbonyl (C=O) groups excluding carboxylic acids is 2. The van der Waals surface area contributed by atoms with Crippen LogP contribution in [0.15, 0.2) is 60.8 Å². The Hall–Kier alpha value is -3.32. The molecule has 0 aliphatic carbocycles. The van der Waals surface area contributed by atoms with Gasteiger partial charge in [-0.3, -0.25) is 14.5 Å². The molecule has 2 aromatic carbocycles.